The number of aromatic amines is 1. The molecular weight excluding hydrogens is 354 g/mol. The molecule has 3 rings (SSSR count). The van der Waals surface area contributed by atoms with Crippen LogP contribution in [0, 0.1) is 0 Å². The van der Waals surface area contributed by atoms with E-state index in [4.69, 9.17) is 10.5 Å². The fraction of sp³-hybridized carbons (Fsp3) is 0.238. The number of carbonyl (C=O) groups excluding carboxylic acids is 1. The predicted molar refractivity (Wildman–Crippen MR) is 111 cm³/mol. The number of ether oxygens (including phenoxy) is 1. The molecule has 0 saturated heterocycles. The largest absolute Gasteiger partial charge is 0.489 e. The zero-order valence-electron chi connectivity index (χ0n) is 16.3. The van der Waals surface area contributed by atoms with Gasteiger partial charge in [-0.1, -0.05) is 24.3 Å². The molecule has 146 valence electrons. The first-order valence-corrected chi connectivity index (χ1v) is 8.96. The maximum atomic E-state index is 12.1. The van der Waals surface area contributed by atoms with Gasteiger partial charge in [0.15, 0.2) is 5.96 Å². The summed E-state index contributed by atoms with van der Waals surface area (Å²) in [5.41, 5.74) is 9.13. The molecule has 1 heterocycles. The molecule has 0 saturated carbocycles. The fourth-order valence-electron chi connectivity index (χ4n) is 2.91. The summed E-state index contributed by atoms with van der Waals surface area (Å²) in [5, 5.41) is 3.42. The van der Waals surface area contributed by atoms with Crippen LogP contribution in [0.1, 0.15) is 21.6 Å². The molecule has 7 heteroatoms. The van der Waals surface area contributed by atoms with E-state index in [2.05, 4.69) is 38.4 Å². The van der Waals surface area contributed by atoms with Gasteiger partial charge in [0.05, 0.1) is 0 Å². The molecule has 0 unspecified atom stereocenters. The Bertz CT molecular complexity index is 1010. The number of aromatic nitrogens is 1. The van der Waals surface area contributed by atoms with Crippen LogP contribution in [0.25, 0.3) is 10.9 Å². The molecule has 0 fully saturated rings. The highest BCUT2D eigenvalue weighted by Crippen LogP contribution is 2.22. The van der Waals surface area contributed by atoms with Gasteiger partial charge >= 0.3 is 0 Å². The second-order valence-electron chi connectivity index (χ2n) is 6.84. The van der Waals surface area contributed by atoms with Gasteiger partial charge in [-0.15, -0.1) is 0 Å². The summed E-state index contributed by atoms with van der Waals surface area (Å²) in [6, 6.07) is 15.8. The van der Waals surface area contributed by atoms with Crippen molar-refractivity contribution in [2.75, 3.05) is 21.1 Å². The molecule has 0 bridgehead atoms. The number of nitrogens with one attached hydrogen (secondary N) is 2. The molecule has 7 nitrogen and oxygen atoms in total. The van der Waals surface area contributed by atoms with Gasteiger partial charge in [0.1, 0.15) is 18.1 Å². The van der Waals surface area contributed by atoms with Crippen molar-refractivity contribution in [3.63, 3.8) is 0 Å². The number of hydrogen-bond donors (Lipinski definition) is 3. The van der Waals surface area contributed by atoms with E-state index in [0.29, 0.717) is 12.3 Å². The van der Waals surface area contributed by atoms with Gasteiger partial charge in [0.25, 0.3) is 5.91 Å². The van der Waals surface area contributed by atoms with Crippen molar-refractivity contribution < 1.29 is 9.53 Å². The van der Waals surface area contributed by atoms with E-state index < -0.39 is 0 Å². The Hall–Kier alpha value is -3.32. The highest BCUT2D eigenvalue weighted by Gasteiger charge is 2.11. The van der Waals surface area contributed by atoms with Crippen molar-refractivity contribution in [2.45, 2.75) is 13.2 Å². The molecule has 0 spiro atoms. The summed E-state index contributed by atoms with van der Waals surface area (Å²) in [6.07, 6.45) is 0. The molecule has 0 aliphatic heterocycles. The van der Waals surface area contributed by atoms with Crippen LogP contribution in [-0.4, -0.2) is 42.9 Å². The Labute approximate surface area is 164 Å². The standard InChI is InChI=1S/C21H25N5O2/c1-23-21(22)25-20(27)19-10-16-7-8-17(11-18(16)24-19)28-13-15-6-4-5-14(9-15)12-26(2)3/h4-11,24H,12-13H2,1-3H3,(H3,22,23,25,27). The third kappa shape index (κ3) is 4.89. The third-order valence-corrected chi connectivity index (χ3v) is 4.22. The first-order valence-electron chi connectivity index (χ1n) is 8.96. The van der Waals surface area contributed by atoms with Crippen molar-refractivity contribution in [3.05, 3.63) is 65.4 Å². The summed E-state index contributed by atoms with van der Waals surface area (Å²) in [6.45, 7) is 1.37. The van der Waals surface area contributed by atoms with E-state index in [1.165, 1.54) is 12.6 Å². The number of carbonyl (C=O) groups is 1. The number of amides is 1. The molecule has 1 aromatic heterocycles. The number of fused-ring (bicyclic) bond motifs is 1. The van der Waals surface area contributed by atoms with Gasteiger partial charge in [-0.3, -0.25) is 15.1 Å². The maximum Gasteiger partial charge on any atom is 0.274 e. The lowest BCUT2D eigenvalue weighted by Crippen LogP contribution is -2.36. The van der Waals surface area contributed by atoms with Gasteiger partial charge in [-0.05, 0) is 43.4 Å². The summed E-state index contributed by atoms with van der Waals surface area (Å²) >= 11 is 0. The van der Waals surface area contributed by atoms with Gasteiger partial charge in [0, 0.05) is 30.6 Å². The van der Waals surface area contributed by atoms with E-state index in [-0.39, 0.29) is 11.9 Å². The van der Waals surface area contributed by atoms with E-state index >= 15 is 0 Å². The van der Waals surface area contributed by atoms with Crippen molar-refractivity contribution in [3.8, 4) is 5.75 Å². The zero-order chi connectivity index (χ0) is 20.1. The summed E-state index contributed by atoms with van der Waals surface area (Å²) in [5.74, 6) is 0.470. The number of guanidine groups is 1. The Balaban J connectivity index is 1.70. The topological polar surface area (TPSA) is 95.7 Å². The molecule has 4 N–H and O–H groups in total. The van der Waals surface area contributed by atoms with Crippen molar-refractivity contribution in [1.29, 1.82) is 0 Å². The van der Waals surface area contributed by atoms with Crippen LogP contribution in [-0.2, 0) is 13.2 Å². The van der Waals surface area contributed by atoms with Crippen LogP contribution in [0.4, 0.5) is 0 Å². The van der Waals surface area contributed by atoms with Gasteiger partial charge in [-0.2, -0.15) is 0 Å². The predicted octanol–water partition coefficient (Wildman–Crippen LogP) is 2.48. The Morgan fingerprint density at radius 1 is 1.18 bits per heavy atom. The minimum absolute atomic E-state index is 0.0733. The number of H-pyrrole nitrogens is 1. The summed E-state index contributed by atoms with van der Waals surface area (Å²) in [7, 11) is 5.61. The van der Waals surface area contributed by atoms with E-state index in [9.17, 15) is 4.79 Å². The molecule has 0 atom stereocenters. The smallest absolute Gasteiger partial charge is 0.274 e. The van der Waals surface area contributed by atoms with Crippen LogP contribution < -0.4 is 15.8 Å². The van der Waals surface area contributed by atoms with Crippen LogP contribution in [0.2, 0.25) is 0 Å². The quantitative estimate of drug-likeness (QED) is 0.453. The van der Waals surface area contributed by atoms with Gasteiger partial charge < -0.3 is 20.4 Å². The first kappa shape index (κ1) is 19.4. The Morgan fingerprint density at radius 3 is 2.71 bits per heavy atom. The number of nitrogens with zero attached hydrogens (tertiary/aromatic N) is 2. The van der Waals surface area contributed by atoms with Crippen molar-refractivity contribution in [1.82, 2.24) is 15.2 Å². The highest BCUT2D eigenvalue weighted by molar-refractivity contribution is 6.06. The second kappa shape index (κ2) is 8.58. The van der Waals surface area contributed by atoms with Crippen LogP contribution >= 0.6 is 0 Å². The number of nitrogens with two attached hydrogens (primary N) is 1. The lowest BCUT2D eigenvalue weighted by Gasteiger charge is -2.11. The van der Waals surface area contributed by atoms with E-state index in [1.54, 1.807) is 6.07 Å². The highest BCUT2D eigenvalue weighted by atomic mass is 16.5. The van der Waals surface area contributed by atoms with Crippen molar-refractivity contribution >= 4 is 22.8 Å². The minimum atomic E-state index is -0.334. The van der Waals surface area contributed by atoms with Gasteiger partial charge in [0.2, 0.25) is 0 Å². The summed E-state index contributed by atoms with van der Waals surface area (Å²) < 4.78 is 5.94. The normalized spacial score (nSPS) is 11.8. The second-order valence-corrected chi connectivity index (χ2v) is 6.84. The van der Waals surface area contributed by atoms with Gasteiger partial charge in [-0.25, -0.2) is 0 Å². The monoisotopic (exact) mass is 379 g/mol. The Kier molecular flexibility index (Phi) is 5.96. The lowest BCUT2D eigenvalue weighted by atomic mass is 10.1. The molecule has 3 aromatic rings. The van der Waals surface area contributed by atoms with Crippen LogP contribution in [0.5, 0.6) is 5.75 Å². The minimum Gasteiger partial charge on any atom is -0.489 e. The molecule has 0 aliphatic carbocycles. The lowest BCUT2D eigenvalue weighted by molar-refractivity contribution is 0.0972. The van der Waals surface area contributed by atoms with E-state index in [1.807, 2.05) is 38.4 Å². The number of benzene rings is 2. The molecule has 0 radical (unpaired) electrons. The number of rotatable bonds is 6. The third-order valence-electron chi connectivity index (χ3n) is 4.22. The molecular formula is C21H25N5O2. The molecule has 2 aromatic carbocycles. The fourth-order valence-corrected chi connectivity index (χ4v) is 2.91. The van der Waals surface area contributed by atoms with Crippen LogP contribution in [0.3, 0.4) is 0 Å². The first-order chi connectivity index (χ1) is 13.4. The number of hydrogen-bond acceptors (Lipinski definition) is 4. The maximum absolute atomic E-state index is 12.1. The molecule has 0 aliphatic rings. The molecule has 28 heavy (non-hydrogen) atoms. The SMILES string of the molecule is CN=C(N)NC(=O)c1cc2ccc(OCc3cccc(CN(C)C)c3)cc2[nH]1. The average molecular weight is 379 g/mol. The zero-order valence-corrected chi connectivity index (χ0v) is 16.3. The van der Waals surface area contributed by atoms with E-state index in [0.717, 1.165) is 28.8 Å². The number of aliphatic imine (C=N–C) groups is 1. The Morgan fingerprint density at radius 2 is 1.96 bits per heavy atom. The average Bonchev–Trinajstić information content (AvgIpc) is 3.09. The molecule has 1 amide bonds. The van der Waals surface area contributed by atoms with Crippen LogP contribution in [0.15, 0.2) is 53.5 Å². The van der Waals surface area contributed by atoms with Crippen molar-refractivity contribution in [2.24, 2.45) is 10.7 Å². The summed E-state index contributed by atoms with van der Waals surface area (Å²) in [4.78, 5) is 21.1.